The van der Waals surface area contributed by atoms with E-state index in [2.05, 4.69) is 20.1 Å². The molecule has 9 nitrogen and oxygen atoms in total. The topological polar surface area (TPSA) is 97.1 Å². The quantitative estimate of drug-likeness (QED) is 0.773. The van der Waals surface area contributed by atoms with Gasteiger partial charge in [0.1, 0.15) is 18.7 Å². The largest absolute Gasteiger partial charge is 0.341 e. The minimum absolute atomic E-state index is 0.0732. The molecule has 154 valence electrons. The van der Waals surface area contributed by atoms with Gasteiger partial charge in [-0.25, -0.2) is 9.67 Å². The van der Waals surface area contributed by atoms with Crippen molar-refractivity contribution in [3.8, 4) is 0 Å². The Kier molecular flexibility index (Phi) is 5.29. The maximum Gasteiger partial charge on any atom is 0.247 e. The van der Waals surface area contributed by atoms with Gasteiger partial charge >= 0.3 is 0 Å². The Morgan fingerprint density at radius 3 is 2.66 bits per heavy atom. The first-order chi connectivity index (χ1) is 14.0. The molecule has 2 fully saturated rings. The SMILES string of the molecule is Cc1cnc(CN2CC3(CCC2=O)CCN(C(=O)[C@H](C)n2cncn2)CC3)cn1. The molecular formula is C20H27N7O2. The molecule has 0 aromatic carbocycles. The van der Waals surface area contributed by atoms with Gasteiger partial charge in [0.25, 0.3) is 0 Å². The molecule has 0 saturated carbocycles. The normalized spacial score (nSPS) is 20.1. The molecule has 2 aliphatic heterocycles. The Hall–Kier alpha value is -2.84. The van der Waals surface area contributed by atoms with Crippen LogP contribution in [-0.4, -0.2) is 66.0 Å². The highest BCUT2D eigenvalue weighted by Crippen LogP contribution is 2.40. The van der Waals surface area contributed by atoms with E-state index >= 15 is 0 Å². The highest BCUT2D eigenvalue weighted by Gasteiger charge is 2.42. The molecule has 1 atom stereocenters. The molecule has 0 N–H and O–H groups in total. The molecule has 0 unspecified atom stereocenters. The summed E-state index contributed by atoms with van der Waals surface area (Å²) < 4.78 is 1.59. The van der Waals surface area contributed by atoms with E-state index in [1.165, 1.54) is 6.33 Å². The van der Waals surface area contributed by atoms with E-state index in [0.717, 1.165) is 37.2 Å². The van der Waals surface area contributed by atoms with Gasteiger partial charge in [0.05, 0.1) is 24.1 Å². The van der Waals surface area contributed by atoms with Gasteiger partial charge in [-0.2, -0.15) is 5.10 Å². The van der Waals surface area contributed by atoms with E-state index in [0.29, 0.717) is 26.1 Å². The van der Waals surface area contributed by atoms with Gasteiger partial charge in [-0.3, -0.25) is 19.6 Å². The number of aromatic nitrogens is 5. The second-order valence-electron chi connectivity index (χ2n) is 8.28. The number of piperidine rings is 2. The third kappa shape index (κ3) is 4.13. The van der Waals surface area contributed by atoms with Crippen LogP contribution in [0.1, 0.15) is 50.0 Å². The fraction of sp³-hybridized carbons (Fsp3) is 0.600. The highest BCUT2D eigenvalue weighted by atomic mass is 16.2. The summed E-state index contributed by atoms with van der Waals surface area (Å²) in [6.07, 6.45) is 9.77. The van der Waals surface area contributed by atoms with Crippen LogP contribution < -0.4 is 0 Å². The van der Waals surface area contributed by atoms with Crippen molar-refractivity contribution in [2.24, 2.45) is 5.41 Å². The fourth-order valence-corrected chi connectivity index (χ4v) is 4.35. The summed E-state index contributed by atoms with van der Waals surface area (Å²) >= 11 is 0. The second kappa shape index (κ2) is 7.88. The van der Waals surface area contributed by atoms with Crippen LogP contribution in [0.15, 0.2) is 25.0 Å². The van der Waals surface area contributed by atoms with Crippen LogP contribution in [0.25, 0.3) is 0 Å². The van der Waals surface area contributed by atoms with Crippen LogP contribution in [0.5, 0.6) is 0 Å². The molecule has 2 aromatic rings. The summed E-state index contributed by atoms with van der Waals surface area (Å²) in [6.45, 7) is 6.40. The van der Waals surface area contributed by atoms with Gasteiger partial charge in [0.15, 0.2) is 0 Å². The van der Waals surface area contributed by atoms with E-state index in [1.54, 1.807) is 23.4 Å². The third-order valence-electron chi connectivity index (χ3n) is 6.26. The summed E-state index contributed by atoms with van der Waals surface area (Å²) in [5, 5.41) is 4.08. The van der Waals surface area contributed by atoms with Crippen molar-refractivity contribution in [2.45, 2.75) is 52.1 Å². The predicted octanol–water partition coefficient (Wildman–Crippen LogP) is 1.37. The summed E-state index contributed by atoms with van der Waals surface area (Å²) in [5.74, 6) is 0.250. The van der Waals surface area contributed by atoms with Crippen molar-refractivity contribution < 1.29 is 9.59 Å². The molecule has 4 heterocycles. The molecule has 29 heavy (non-hydrogen) atoms. The molecular weight excluding hydrogens is 370 g/mol. The number of aryl methyl sites for hydroxylation is 1. The van der Waals surface area contributed by atoms with E-state index in [1.807, 2.05) is 23.6 Å². The molecule has 2 aromatic heterocycles. The second-order valence-corrected chi connectivity index (χ2v) is 8.28. The molecule has 2 saturated heterocycles. The van der Waals surface area contributed by atoms with Crippen LogP contribution in [0, 0.1) is 12.3 Å². The van der Waals surface area contributed by atoms with E-state index in [4.69, 9.17) is 0 Å². The maximum absolute atomic E-state index is 12.8. The van der Waals surface area contributed by atoms with E-state index in [-0.39, 0.29) is 23.3 Å². The molecule has 2 amide bonds. The summed E-state index contributed by atoms with van der Waals surface area (Å²) in [4.78, 5) is 41.7. The Bertz CT molecular complexity index is 857. The smallest absolute Gasteiger partial charge is 0.247 e. The Balaban J connectivity index is 1.37. The zero-order valence-corrected chi connectivity index (χ0v) is 17.0. The lowest BCUT2D eigenvalue weighted by Gasteiger charge is -2.47. The van der Waals surface area contributed by atoms with Crippen LogP contribution in [0.3, 0.4) is 0 Å². The number of carbonyl (C=O) groups excluding carboxylic acids is 2. The molecule has 4 rings (SSSR count). The molecule has 1 spiro atoms. The van der Waals surface area contributed by atoms with E-state index in [9.17, 15) is 9.59 Å². The highest BCUT2D eigenvalue weighted by molar-refractivity contribution is 5.80. The Labute approximate surface area is 170 Å². The maximum atomic E-state index is 12.8. The summed E-state index contributed by atoms with van der Waals surface area (Å²) in [6, 6.07) is -0.351. The van der Waals surface area contributed by atoms with Gasteiger partial charge in [-0.15, -0.1) is 0 Å². The van der Waals surface area contributed by atoms with Gasteiger partial charge in [0, 0.05) is 32.3 Å². The van der Waals surface area contributed by atoms with Crippen molar-refractivity contribution in [2.75, 3.05) is 19.6 Å². The Morgan fingerprint density at radius 2 is 2.00 bits per heavy atom. The fourth-order valence-electron chi connectivity index (χ4n) is 4.35. The third-order valence-corrected chi connectivity index (χ3v) is 6.26. The first-order valence-electron chi connectivity index (χ1n) is 10.1. The van der Waals surface area contributed by atoms with Crippen LogP contribution >= 0.6 is 0 Å². The van der Waals surface area contributed by atoms with Crippen molar-refractivity contribution in [3.05, 3.63) is 36.4 Å². The molecule has 0 aliphatic carbocycles. The average Bonchev–Trinajstić information content (AvgIpc) is 3.27. The van der Waals surface area contributed by atoms with Gasteiger partial charge in [-0.05, 0) is 38.5 Å². The minimum Gasteiger partial charge on any atom is -0.341 e. The summed E-state index contributed by atoms with van der Waals surface area (Å²) in [5.41, 5.74) is 1.77. The number of hydrogen-bond acceptors (Lipinski definition) is 6. The minimum atomic E-state index is -0.351. The van der Waals surface area contributed by atoms with Crippen molar-refractivity contribution in [1.29, 1.82) is 0 Å². The summed E-state index contributed by atoms with van der Waals surface area (Å²) in [7, 11) is 0. The molecule has 0 bridgehead atoms. The molecule has 0 radical (unpaired) electrons. The van der Waals surface area contributed by atoms with Crippen LogP contribution in [-0.2, 0) is 16.1 Å². The van der Waals surface area contributed by atoms with Gasteiger partial charge < -0.3 is 9.80 Å². The average molecular weight is 397 g/mol. The van der Waals surface area contributed by atoms with Gasteiger partial charge in [-0.1, -0.05) is 0 Å². The van der Waals surface area contributed by atoms with Crippen molar-refractivity contribution in [1.82, 2.24) is 34.5 Å². The zero-order valence-electron chi connectivity index (χ0n) is 17.0. The zero-order chi connectivity index (χ0) is 20.4. The van der Waals surface area contributed by atoms with E-state index < -0.39 is 0 Å². The Morgan fingerprint density at radius 1 is 1.21 bits per heavy atom. The predicted molar refractivity (Wildman–Crippen MR) is 104 cm³/mol. The lowest BCUT2D eigenvalue weighted by molar-refractivity contribution is -0.144. The molecule has 2 aliphatic rings. The number of amides is 2. The van der Waals surface area contributed by atoms with Crippen LogP contribution in [0.2, 0.25) is 0 Å². The number of hydrogen-bond donors (Lipinski definition) is 0. The molecule has 9 heteroatoms. The standard InChI is InChI=1S/C20H27N7O2/c1-15-9-23-17(10-22-15)11-26-12-20(4-3-18(26)28)5-7-25(8-6-20)19(29)16(2)27-14-21-13-24-27/h9-10,13-14,16H,3-8,11-12H2,1-2H3/t16-/m0/s1. The number of carbonyl (C=O) groups is 2. The van der Waals surface area contributed by atoms with Crippen molar-refractivity contribution in [3.63, 3.8) is 0 Å². The lowest BCUT2D eigenvalue weighted by atomic mass is 9.72. The number of rotatable bonds is 4. The van der Waals surface area contributed by atoms with Crippen LogP contribution in [0.4, 0.5) is 0 Å². The number of likely N-dealkylation sites (tertiary alicyclic amines) is 2. The first-order valence-corrected chi connectivity index (χ1v) is 10.1. The monoisotopic (exact) mass is 397 g/mol. The lowest BCUT2D eigenvalue weighted by Crippen LogP contribution is -2.52. The van der Waals surface area contributed by atoms with Crippen molar-refractivity contribution >= 4 is 11.8 Å². The van der Waals surface area contributed by atoms with Gasteiger partial charge in [0.2, 0.25) is 11.8 Å². The first kappa shape index (κ1) is 19.5. The number of nitrogens with zero attached hydrogens (tertiary/aromatic N) is 7.